The van der Waals surface area contributed by atoms with Gasteiger partial charge in [-0.1, -0.05) is 48.6 Å². The van der Waals surface area contributed by atoms with Gasteiger partial charge in [-0.15, -0.1) is 0 Å². The lowest BCUT2D eigenvalue weighted by Crippen LogP contribution is -1.94. The summed E-state index contributed by atoms with van der Waals surface area (Å²) in [6.07, 6.45) is 6.87. The van der Waals surface area contributed by atoms with Gasteiger partial charge in [-0.25, -0.2) is 0 Å². The molecule has 1 aliphatic carbocycles. The number of hydrogen-bond donors (Lipinski definition) is 0. The summed E-state index contributed by atoms with van der Waals surface area (Å²) >= 11 is 0. The maximum atomic E-state index is 2.26. The van der Waals surface area contributed by atoms with Crippen LogP contribution in [-0.2, 0) is 6.42 Å². The summed E-state index contributed by atoms with van der Waals surface area (Å²) in [7, 11) is 0. The Kier molecular flexibility index (Phi) is 1.66. The Labute approximate surface area is 83.9 Å². The number of rotatable bonds is 0. The summed E-state index contributed by atoms with van der Waals surface area (Å²) in [5, 5.41) is 2.79. The van der Waals surface area contributed by atoms with Crippen LogP contribution in [0.4, 0.5) is 0 Å². The van der Waals surface area contributed by atoms with Crippen LogP contribution in [0.3, 0.4) is 0 Å². The number of allylic oxidation sites excluding steroid dienone is 1. The molecule has 0 aliphatic heterocycles. The first-order chi connectivity index (χ1) is 6.95. The van der Waals surface area contributed by atoms with Crippen LogP contribution < -0.4 is 0 Å². The number of benzene rings is 2. The fourth-order valence-corrected chi connectivity index (χ4v) is 2.23. The van der Waals surface area contributed by atoms with Gasteiger partial charge in [0, 0.05) is 0 Å². The maximum Gasteiger partial charge on any atom is -0.0146 e. The molecule has 0 atom stereocenters. The van der Waals surface area contributed by atoms with E-state index in [-0.39, 0.29) is 0 Å². The zero-order chi connectivity index (χ0) is 9.38. The van der Waals surface area contributed by atoms with Crippen LogP contribution in [0.25, 0.3) is 16.8 Å². The van der Waals surface area contributed by atoms with Crippen molar-refractivity contribution < 1.29 is 0 Å². The summed E-state index contributed by atoms with van der Waals surface area (Å²) in [4.78, 5) is 0. The fourth-order valence-electron chi connectivity index (χ4n) is 2.23. The van der Waals surface area contributed by atoms with Crippen LogP contribution in [0.1, 0.15) is 17.5 Å². The zero-order valence-corrected chi connectivity index (χ0v) is 8.03. The van der Waals surface area contributed by atoms with E-state index in [9.17, 15) is 0 Å². The lowest BCUT2D eigenvalue weighted by Gasteiger charge is -2.13. The average molecular weight is 180 g/mol. The third-order valence-corrected chi connectivity index (χ3v) is 2.94. The Morgan fingerprint density at radius 1 is 0.929 bits per heavy atom. The van der Waals surface area contributed by atoms with Crippen LogP contribution in [0.15, 0.2) is 42.5 Å². The molecule has 0 radical (unpaired) electrons. The second-order valence-corrected chi connectivity index (χ2v) is 3.80. The highest BCUT2D eigenvalue weighted by molar-refractivity contribution is 5.89. The Hall–Kier alpha value is -1.56. The van der Waals surface area contributed by atoms with Crippen molar-refractivity contribution in [2.24, 2.45) is 0 Å². The normalized spacial score (nSPS) is 14.3. The molecule has 0 heterocycles. The van der Waals surface area contributed by atoms with E-state index in [0.29, 0.717) is 0 Å². The van der Waals surface area contributed by atoms with Gasteiger partial charge >= 0.3 is 0 Å². The lowest BCUT2D eigenvalue weighted by molar-refractivity contribution is 0.997. The molecule has 3 rings (SSSR count). The molecule has 1 aliphatic rings. The van der Waals surface area contributed by atoms with Crippen LogP contribution in [0.5, 0.6) is 0 Å². The van der Waals surface area contributed by atoms with E-state index in [4.69, 9.17) is 0 Å². The predicted molar refractivity (Wildman–Crippen MR) is 61.3 cm³/mol. The van der Waals surface area contributed by atoms with Crippen molar-refractivity contribution in [2.45, 2.75) is 12.8 Å². The van der Waals surface area contributed by atoms with E-state index in [1.807, 2.05) is 0 Å². The summed E-state index contributed by atoms with van der Waals surface area (Å²) in [6.45, 7) is 0. The minimum atomic E-state index is 1.18. The molecule has 0 bridgehead atoms. The minimum Gasteiger partial charge on any atom is -0.0836 e. The first-order valence-corrected chi connectivity index (χ1v) is 5.12. The van der Waals surface area contributed by atoms with Crippen LogP contribution in [-0.4, -0.2) is 0 Å². The third kappa shape index (κ3) is 1.07. The van der Waals surface area contributed by atoms with Gasteiger partial charge in [0.2, 0.25) is 0 Å². The van der Waals surface area contributed by atoms with Gasteiger partial charge in [-0.05, 0) is 34.7 Å². The van der Waals surface area contributed by atoms with Gasteiger partial charge in [0.25, 0.3) is 0 Å². The average Bonchev–Trinajstić information content (AvgIpc) is 2.29. The SMILES string of the molecule is C1=Cc2ccc3ccccc3c2CC1. The van der Waals surface area contributed by atoms with Gasteiger partial charge in [0.1, 0.15) is 0 Å². The molecular weight excluding hydrogens is 168 g/mol. The van der Waals surface area contributed by atoms with Crippen molar-refractivity contribution in [2.75, 3.05) is 0 Å². The molecule has 0 N–H and O–H groups in total. The molecule has 0 unspecified atom stereocenters. The Morgan fingerprint density at radius 2 is 1.86 bits per heavy atom. The van der Waals surface area contributed by atoms with Crippen molar-refractivity contribution in [1.29, 1.82) is 0 Å². The van der Waals surface area contributed by atoms with E-state index >= 15 is 0 Å². The van der Waals surface area contributed by atoms with Crippen LogP contribution in [0.2, 0.25) is 0 Å². The molecule has 2 aromatic carbocycles. The van der Waals surface area contributed by atoms with Crippen molar-refractivity contribution in [1.82, 2.24) is 0 Å². The van der Waals surface area contributed by atoms with Crippen molar-refractivity contribution in [3.8, 4) is 0 Å². The Balaban J connectivity index is 2.41. The Morgan fingerprint density at radius 3 is 2.86 bits per heavy atom. The van der Waals surface area contributed by atoms with Crippen molar-refractivity contribution in [3.05, 3.63) is 53.6 Å². The topological polar surface area (TPSA) is 0 Å². The Bertz CT molecular complexity index is 506. The lowest BCUT2D eigenvalue weighted by atomic mass is 9.92. The molecule has 0 aromatic heterocycles. The first kappa shape index (κ1) is 7.81. The van der Waals surface area contributed by atoms with Gasteiger partial charge in [-0.2, -0.15) is 0 Å². The van der Waals surface area contributed by atoms with E-state index in [1.54, 1.807) is 0 Å². The second-order valence-electron chi connectivity index (χ2n) is 3.80. The maximum absolute atomic E-state index is 2.26. The molecule has 0 saturated heterocycles. The van der Waals surface area contributed by atoms with Gasteiger partial charge in [0.15, 0.2) is 0 Å². The number of aryl methyl sites for hydroxylation is 1. The van der Waals surface area contributed by atoms with E-state index in [1.165, 1.54) is 34.7 Å². The molecule has 0 heteroatoms. The molecule has 0 amide bonds. The highest BCUT2D eigenvalue weighted by Gasteiger charge is 2.07. The number of hydrogen-bond acceptors (Lipinski definition) is 0. The molecule has 0 saturated carbocycles. The number of fused-ring (bicyclic) bond motifs is 3. The largest absolute Gasteiger partial charge is 0.0836 e. The summed E-state index contributed by atoms with van der Waals surface area (Å²) in [5.74, 6) is 0. The first-order valence-electron chi connectivity index (χ1n) is 5.12. The van der Waals surface area contributed by atoms with Crippen LogP contribution in [0, 0.1) is 0 Å². The predicted octanol–water partition coefficient (Wildman–Crippen LogP) is 3.80. The van der Waals surface area contributed by atoms with Gasteiger partial charge in [0.05, 0.1) is 0 Å². The van der Waals surface area contributed by atoms with Crippen molar-refractivity contribution in [3.63, 3.8) is 0 Å². The monoisotopic (exact) mass is 180 g/mol. The highest BCUT2D eigenvalue weighted by Crippen LogP contribution is 2.27. The summed E-state index contributed by atoms with van der Waals surface area (Å²) < 4.78 is 0. The molecule has 0 nitrogen and oxygen atoms in total. The van der Waals surface area contributed by atoms with Gasteiger partial charge in [-0.3, -0.25) is 0 Å². The molecule has 68 valence electrons. The molecule has 0 fully saturated rings. The zero-order valence-electron chi connectivity index (χ0n) is 8.03. The minimum absolute atomic E-state index is 1.18. The molecule has 2 aromatic rings. The van der Waals surface area contributed by atoms with E-state index in [0.717, 1.165) is 0 Å². The fraction of sp³-hybridized carbons (Fsp3) is 0.143. The molecular formula is C14H12. The van der Waals surface area contributed by atoms with E-state index in [2.05, 4.69) is 48.6 Å². The third-order valence-electron chi connectivity index (χ3n) is 2.94. The van der Waals surface area contributed by atoms with Crippen molar-refractivity contribution >= 4 is 16.8 Å². The smallest absolute Gasteiger partial charge is 0.0146 e. The molecule has 14 heavy (non-hydrogen) atoms. The molecule has 0 spiro atoms. The van der Waals surface area contributed by atoms with E-state index < -0.39 is 0 Å². The highest BCUT2D eigenvalue weighted by atomic mass is 14.1. The summed E-state index contributed by atoms with van der Waals surface area (Å²) in [5.41, 5.74) is 2.92. The second kappa shape index (κ2) is 2.98. The standard InChI is InChI=1S/C14H12/c1-3-7-13-11(5-1)9-10-12-6-2-4-8-14(12)13/h1-3,5-7,9-10H,4,8H2. The van der Waals surface area contributed by atoms with Crippen LogP contribution >= 0.6 is 0 Å². The summed E-state index contributed by atoms with van der Waals surface area (Å²) in [6, 6.07) is 13.1. The van der Waals surface area contributed by atoms with Gasteiger partial charge < -0.3 is 0 Å². The quantitative estimate of drug-likeness (QED) is 0.578.